The molecule has 0 aliphatic rings. The van der Waals surface area contributed by atoms with Gasteiger partial charge in [-0.25, -0.2) is 0 Å². The predicted molar refractivity (Wildman–Crippen MR) is 80.2 cm³/mol. The van der Waals surface area contributed by atoms with Gasteiger partial charge in [-0.3, -0.25) is 4.79 Å². The Bertz CT molecular complexity index is 431. The molecule has 0 spiro atoms. The summed E-state index contributed by atoms with van der Waals surface area (Å²) in [6, 6.07) is 5.49. The quantitative estimate of drug-likeness (QED) is 0.873. The molecule has 1 aromatic carbocycles. The third-order valence-corrected chi connectivity index (χ3v) is 3.42. The van der Waals surface area contributed by atoms with Crippen LogP contribution >= 0.6 is 15.9 Å². The fourth-order valence-electron chi connectivity index (χ4n) is 1.81. The number of hydrogen-bond donors (Lipinski definition) is 1. The fourth-order valence-corrected chi connectivity index (χ4v) is 2.19. The molecule has 1 unspecified atom stereocenters. The van der Waals surface area contributed by atoms with Crippen LogP contribution in [-0.2, 0) is 4.79 Å². The lowest BCUT2D eigenvalue weighted by atomic mass is 10.1. The summed E-state index contributed by atoms with van der Waals surface area (Å²) in [7, 11) is 0. The lowest BCUT2D eigenvalue weighted by molar-refractivity contribution is -0.132. The van der Waals surface area contributed by atoms with Gasteiger partial charge in [0.05, 0.1) is 0 Å². The van der Waals surface area contributed by atoms with Crippen LogP contribution in [0.25, 0.3) is 0 Å². The maximum Gasteiger partial charge on any atom is 0.260 e. The number of benzene rings is 1. The van der Waals surface area contributed by atoms with Crippen molar-refractivity contribution >= 4 is 21.8 Å². The molecular formula is C14H21BrN2O2. The van der Waals surface area contributed by atoms with Gasteiger partial charge in [-0.15, -0.1) is 0 Å². The van der Waals surface area contributed by atoms with Crippen molar-refractivity contribution in [3.05, 3.63) is 28.2 Å². The standard InChI is InChI=1S/C14H21BrN2O2/c1-4-17(5-2)14(18)9-19-13-7-6-11(15)8-12(13)10(3)16/h6-8,10H,4-5,9,16H2,1-3H3. The first kappa shape index (κ1) is 16.0. The van der Waals surface area contributed by atoms with Crippen molar-refractivity contribution in [1.82, 2.24) is 4.90 Å². The van der Waals surface area contributed by atoms with E-state index in [1.165, 1.54) is 0 Å². The number of rotatable bonds is 6. The molecule has 0 fully saturated rings. The molecule has 1 amide bonds. The molecule has 1 aromatic rings. The summed E-state index contributed by atoms with van der Waals surface area (Å²) in [6.07, 6.45) is 0. The minimum Gasteiger partial charge on any atom is -0.483 e. The van der Waals surface area contributed by atoms with Gasteiger partial charge in [-0.05, 0) is 39.0 Å². The number of carbonyl (C=O) groups is 1. The van der Waals surface area contributed by atoms with Crippen LogP contribution in [0.4, 0.5) is 0 Å². The van der Waals surface area contributed by atoms with Gasteiger partial charge in [0.25, 0.3) is 5.91 Å². The highest BCUT2D eigenvalue weighted by Gasteiger charge is 2.13. The van der Waals surface area contributed by atoms with E-state index >= 15 is 0 Å². The van der Waals surface area contributed by atoms with Crippen molar-refractivity contribution in [1.29, 1.82) is 0 Å². The molecule has 0 heterocycles. The Kier molecular flexibility index (Phi) is 6.31. The lowest BCUT2D eigenvalue weighted by Crippen LogP contribution is -2.34. The number of halogens is 1. The van der Waals surface area contributed by atoms with Crippen LogP contribution in [0.2, 0.25) is 0 Å². The number of carbonyl (C=O) groups excluding carboxylic acids is 1. The zero-order chi connectivity index (χ0) is 14.4. The molecule has 0 aliphatic carbocycles. The van der Waals surface area contributed by atoms with Gasteiger partial charge in [0.15, 0.2) is 6.61 Å². The summed E-state index contributed by atoms with van der Waals surface area (Å²) >= 11 is 3.40. The topological polar surface area (TPSA) is 55.6 Å². The first-order valence-corrected chi connectivity index (χ1v) is 7.24. The van der Waals surface area contributed by atoms with Gasteiger partial charge in [0.2, 0.25) is 0 Å². The molecule has 0 radical (unpaired) electrons. The second kappa shape index (κ2) is 7.50. The average molecular weight is 329 g/mol. The first-order valence-electron chi connectivity index (χ1n) is 6.45. The average Bonchev–Trinajstić information content (AvgIpc) is 2.38. The van der Waals surface area contributed by atoms with Crippen molar-refractivity contribution in [3.63, 3.8) is 0 Å². The van der Waals surface area contributed by atoms with Gasteiger partial charge >= 0.3 is 0 Å². The molecule has 5 heteroatoms. The number of likely N-dealkylation sites (N-methyl/N-ethyl adjacent to an activating group) is 1. The third-order valence-electron chi connectivity index (χ3n) is 2.93. The summed E-state index contributed by atoms with van der Waals surface area (Å²) in [6.45, 7) is 7.23. The Hall–Kier alpha value is -1.07. The maximum absolute atomic E-state index is 11.9. The number of nitrogens with two attached hydrogens (primary N) is 1. The number of amides is 1. The van der Waals surface area contributed by atoms with Crippen molar-refractivity contribution in [2.24, 2.45) is 5.73 Å². The van der Waals surface area contributed by atoms with E-state index in [2.05, 4.69) is 15.9 Å². The zero-order valence-corrected chi connectivity index (χ0v) is 13.2. The van der Waals surface area contributed by atoms with Crippen LogP contribution in [0.1, 0.15) is 32.4 Å². The maximum atomic E-state index is 11.9. The normalized spacial score (nSPS) is 12.1. The van der Waals surface area contributed by atoms with E-state index in [4.69, 9.17) is 10.5 Å². The highest BCUT2D eigenvalue weighted by atomic mass is 79.9. The van der Waals surface area contributed by atoms with Crippen molar-refractivity contribution < 1.29 is 9.53 Å². The number of ether oxygens (including phenoxy) is 1. The smallest absolute Gasteiger partial charge is 0.260 e. The Morgan fingerprint density at radius 3 is 2.58 bits per heavy atom. The van der Waals surface area contributed by atoms with Gasteiger partial charge in [-0.2, -0.15) is 0 Å². The Labute approximate surface area is 123 Å². The Morgan fingerprint density at radius 1 is 1.42 bits per heavy atom. The van der Waals surface area contributed by atoms with E-state index < -0.39 is 0 Å². The highest BCUT2D eigenvalue weighted by molar-refractivity contribution is 9.10. The van der Waals surface area contributed by atoms with E-state index in [0.717, 1.165) is 10.0 Å². The number of nitrogens with zero attached hydrogens (tertiary/aromatic N) is 1. The van der Waals surface area contributed by atoms with E-state index in [1.54, 1.807) is 4.90 Å². The molecule has 106 valence electrons. The van der Waals surface area contributed by atoms with E-state index in [0.29, 0.717) is 18.8 Å². The molecule has 1 atom stereocenters. The largest absolute Gasteiger partial charge is 0.483 e. The van der Waals surface area contributed by atoms with E-state index in [-0.39, 0.29) is 18.6 Å². The monoisotopic (exact) mass is 328 g/mol. The first-order chi connectivity index (χ1) is 8.99. The molecule has 0 saturated carbocycles. The van der Waals surface area contributed by atoms with Crippen molar-refractivity contribution in [2.75, 3.05) is 19.7 Å². The van der Waals surface area contributed by atoms with E-state index in [9.17, 15) is 4.79 Å². The summed E-state index contributed by atoms with van der Waals surface area (Å²) in [5, 5.41) is 0. The molecule has 2 N–H and O–H groups in total. The van der Waals surface area contributed by atoms with Crippen LogP contribution < -0.4 is 10.5 Å². The fraction of sp³-hybridized carbons (Fsp3) is 0.500. The van der Waals surface area contributed by atoms with E-state index in [1.807, 2.05) is 39.0 Å². The molecule has 1 rings (SSSR count). The summed E-state index contributed by atoms with van der Waals surface area (Å²) < 4.78 is 6.55. The summed E-state index contributed by atoms with van der Waals surface area (Å²) in [5.41, 5.74) is 6.80. The Balaban J connectivity index is 2.75. The lowest BCUT2D eigenvalue weighted by Gasteiger charge is -2.20. The SMILES string of the molecule is CCN(CC)C(=O)COc1ccc(Br)cc1C(C)N. The highest BCUT2D eigenvalue weighted by Crippen LogP contribution is 2.27. The zero-order valence-electron chi connectivity index (χ0n) is 11.6. The van der Waals surface area contributed by atoms with Gasteiger partial charge in [0.1, 0.15) is 5.75 Å². The number of hydrogen-bond acceptors (Lipinski definition) is 3. The van der Waals surface area contributed by atoms with Crippen molar-refractivity contribution in [3.8, 4) is 5.75 Å². The predicted octanol–water partition coefficient (Wildman–Crippen LogP) is 2.72. The van der Waals surface area contributed by atoms with Crippen LogP contribution in [0, 0.1) is 0 Å². The second-order valence-corrected chi connectivity index (χ2v) is 5.24. The molecule has 0 bridgehead atoms. The Morgan fingerprint density at radius 2 is 2.05 bits per heavy atom. The third kappa shape index (κ3) is 4.51. The molecule has 19 heavy (non-hydrogen) atoms. The van der Waals surface area contributed by atoms with Gasteiger partial charge in [-0.1, -0.05) is 15.9 Å². The molecule has 0 saturated heterocycles. The molecule has 0 aliphatic heterocycles. The summed E-state index contributed by atoms with van der Waals surface area (Å²) in [4.78, 5) is 13.6. The minimum atomic E-state index is -0.143. The van der Waals surface area contributed by atoms with Crippen LogP contribution in [0.3, 0.4) is 0 Å². The van der Waals surface area contributed by atoms with Crippen LogP contribution in [-0.4, -0.2) is 30.5 Å². The van der Waals surface area contributed by atoms with Crippen LogP contribution in [0.15, 0.2) is 22.7 Å². The van der Waals surface area contributed by atoms with Gasteiger partial charge in [0, 0.05) is 29.2 Å². The minimum absolute atomic E-state index is 0.0106. The van der Waals surface area contributed by atoms with Gasteiger partial charge < -0.3 is 15.4 Å². The van der Waals surface area contributed by atoms with Crippen molar-refractivity contribution in [2.45, 2.75) is 26.8 Å². The second-order valence-electron chi connectivity index (χ2n) is 4.33. The molecular weight excluding hydrogens is 308 g/mol. The summed E-state index contributed by atoms with van der Waals surface area (Å²) in [5.74, 6) is 0.655. The molecule has 4 nitrogen and oxygen atoms in total. The molecule has 0 aromatic heterocycles. The van der Waals surface area contributed by atoms with Crippen LogP contribution in [0.5, 0.6) is 5.75 Å².